The molecule has 61 heavy (non-hydrogen) atoms. The molecule has 0 unspecified atom stereocenters. The van der Waals surface area contributed by atoms with E-state index in [0.717, 1.165) is 55.5 Å². The highest BCUT2D eigenvalue weighted by Gasteiger charge is 2.46. The molecule has 12 rings (SSSR count). The Kier molecular flexibility index (Phi) is 8.11. The van der Waals surface area contributed by atoms with Gasteiger partial charge in [-0.3, -0.25) is 0 Å². The number of furan rings is 1. The summed E-state index contributed by atoms with van der Waals surface area (Å²) in [5.41, 5.74) is 16.9. The van der Waals surface area contributed by atoms with E-state index in [1.54, 1.807) is 0 Å². The van der Waals surface area contributed by atoms with E-state index in [9.17, 15) is 0 Å². The second kappa shape index (κ2) is 14.1. The van der Waals surface area contributed by atoms with Crippen LogP contribution in [-0.2, 0) is 5.41 Å². The summed E-state index contributed by atoms with van der Waals surface area (Å²) in [5.74, 6) is 0. The van der Waals surface area contributed by atoms with Crippen molar-refractivity contribution in [3.05, 3.63) is 259 Å². The van der Waals surface area contributed by atoms with Crippen LogP contribution in [0.15, 0.2) is 241 Å². The largest absolute Gasteiger partial charge is 0.455 e. The van der Waals surface area contributed by atoms with Crippen LogP contribution in [0.1, 0.15) is 22.3 Å². The fraction of sp³-hybridized carbons (Fsp3) is 0.0169. The van der Waals surface area contributed by atoms with Crippen molar-refractivity contribution in [3.8, 4) is 33.4 Å². The van der Waals surface area contributed by atoms with Crippen molar-refractivity contribution >= 4 is 49.8 Å². The molecule has 10 aromatic carbocycles. The lowest BCUT2D eigenvalue weighted by atomic mass is 9.67. The van der Waals surface area contributed by atoms with E-state index < -0.39 is 5.41 Å². The Morgan fingerprint density at radius 1 is 0.311 bits per heavy atom. The van der Waals surface area contributed by atoms with E-state index in [-0.39, 0.29) is 0 Å². The minimum absolute atomic E-state index is 0.485. The lowest BCUT2D eigenvalue weighted by Gasteiger charge is -2.35. The minimum Gasteiger partial charge on any atom is -0.455 e. The van der Waals surface area contributed by atoms with Gasteiger partial charge in [0.25, 0.3) is 0 Å². The van der Waals surface area contributed by atoms with Crippen molar-refractivity contribution in [2.24, 2.45) is 0 Å². The normalized spacial score (nSPS) is 12.7. The molecule has 286 valence electrons. The molecule has 0 aliphatic heterocycles. The maximum atomic E-state index is 6.73. The van der Waals surface area contributed by atoms with E-state index in [1.807, 2.05) is 0 Å². The summed E-state index contributed by atoms with van der Waals surface area (Å²) >= 11 is 0. The van der Waals surface area contributed by atoms with Crippen molar-refractivity contribution in [2.45, 2.75) is 5.41 Å². The van der Waals surface area contributed by atoms with Gasteiger partial charge in [0.1, 0.15) is 11.2 Å². The fourth-order valence-electron chi connectivity index (χ4n) is 10.0. The van der Waals surface area contributed by atoms with Crippen LogP contribution in [0.3, 0.4) is 0 Å². The molecule has 1 aliphatic rings. The summed E-state index contributed by atoms with van der Waals surface area (Å²) in [4.78, 5) is 2.38. The molecule has 0 atom stereocenters. The number of benzene rings is 10. The first-order valence-electron chi connectivity index (χ1n) is 21.0. The minimum atomic E-state index is -0.485. The molecule has 1 aliphatic carbocycles. The van der Waals surface area contributed by atoms with Crippen molar-refractivity contribution in [3.63, 3.8) is 0 Å². The Balaban J connectivity index is 0.977. The zero-order chi connectivity index (χ0) is 40.3. The molecule has 0 saturated heterocycles. The van der Waals surface area contributed by atoms with E-state index in [2.05, 4.69) is 241 Å². The Hall–Kier alpha value is -7.94. The Labute approximate surface area is 355 Å². The maximum absolute atomic E-state index is 6.73. The molecule has 1 aromatic heterocycles. The van der Waals surface area contributed by atoms with Crippen molar-refractivity contribution in [1.82, 2.24) is 0 Å². The predicted octanol–water partition coefficient (Wildman–Crippen LogP) is 15.9. The molecular formula is C59H39NO. The van der Waals surface area contributed by atoms with Gasteiger partial charge in [-0.1, -0.05) is 182 Å². The highest BCUT2D eigenvalue weighted by Crippen LogP contribution is 2.57. The van der Waals surface area contributed by atoms with Gasteiger partial charge in [0, 0.05) is 33.2 Å². The van der Waals surface area contributed by atoms with E-state index in [0.29, 0.717) is 0 Å². The predicted molar refractivity (Wildman–Crippen MR) is 254 cm³/mol. The monoisotopic (exact) mass is 777 g/mol. The fourth-order valence-corrected chi connectivity index (χ4v) is 10.0. The topological polar surface area (TPSA) is 16.4 Å². The van der Waals surface area contributed by atoms with Crippen LogP contribution in [-0.4, -0.2) is 0 Å². The molecule has 0 radical (unpaired) electrons. The van der Waals surface area contributed by atoms with E-state index in [1.165, 1.54) is 49.9 Å². The van der Waals surface area contributed by atoms with Gasteiger partial charge >= 0.3 is 0 Å². The third-order valence-corrected chi connectivity index (χ3v) is 12.7. The lowest BCUT2D eigenvalue weighted by molar-refractivity contribution is 0.673. The second-order valence-corrected chi connectivity index (χ2v) is 16.0. The van der Waals surface area contributed by atoms with Crippen LogP contribution in [0.4, 0.5) is 17.1 Å². The molecule has 2 heteroatoms. The molecule has 1 heterocycles. The number of fused-ring (bicyclic) bond motifs is 8. The van der Waals surface area contributed by atoms with Gasteiger partial charge < -0.3 is 9.32 Å². The number of rotatable bonds is 7. The summed E-state index contributed by atoms with van der Waals surface area (Å²) in [6, 6.07) is 85.8. The number of anilines is 3. The van der Waals surface area contributed by atoms with Crippen LogP contribution < -0.4 is 4.90 Å². The number of hydrogen-bond acceptors (Lipinski definition) is 2. The standard InChI is InChI=1S/C59H39NO/c1-5-17-41(18-6-1)53-39-54-51-35-31-42(37-57(51)61-58(54)52-27-14-13-25-48(52)53)40-29-32-46(33-30-40)60(45-23-11-4-12-24-45)47-34-36-50-49-26-15-16-28-55(49)59(56(50)38-47,43-19-7-2-8-20-43)44-21-9-3-10-22-44/h1-39H. The average Bonchev–Trinajstić information content (AvgIpc) is 3.86. The zero-order valence-electron chi connectivity index (χ0n) is 33.4. The summed E-state index contributed by atoms with van der Waals surface area (Å²) in [5, 5.41) is 4.57. The number of hydrogen-bond donors (Lipinski definition) is 0. The van der Waals surface area contributed by atoms with Gasteiger partial charge in [0.2, 0.25) is 0 Å². The third-order valence-electron chi connectivity index (χ3n) is 12.7. The molecular weight excluding hydrogens is 739 g/mol. The van der Waals surface area contributed by atoms with Gasteiger partial charge in [-0.25, -0.2) is 0 Å². The van der Waals surface area contributed by atoms with Crippen LogP contribution in [0.5, 0.6) is 0 Å². The Morgan fingerprint density at radius 2 is 0.869 bits per heavy atom. The van der Waals surface area contributed by atoms with Gasteiger partial charge in [-0.15, -0.1) is 0 Å². The van der Waals surface area contributed by atoms with Crippen molar-refractivity contribution in [2.75, 3.05) is 4.90 Å². The van der Waals surface area contributed by atoms with Gasteiger partial charge in [0.05, 0.1) is 5.41 Å². The molecule has 0 N–H and O–H groups in total. The average molecular weight is 778 g/mol. The van der Waals surface area contributed by atoms with Crippen molar-refractivity contribution < 1.29 is 4.42 Å². The smallest absolute Gasteiger partial charge is 0.143 e. The number of nitrogens with zero attached hydrogens (tertiary/aromatic N) is 1. The molecule has 0 amide bonds. The van der Waals surface area contributed by atoms with Crippen LogP contribution in [0.25, 0.3) is 66.1 Å². The molecule has 0 spiro atoms. The summed E-state index contributed by atoms with van der Waals surface area (Å²) in [6.07, 6.45) is 0. The summed E-state index contributed by atoms with van der Waals surface area (Å²) < 4.78 is 6.73. The molecule has 0 saturated carbocycles. The van der Waals surface area contributed by atoms with E-state index >= 15 is 0 Å². The Morgan fingerprint density at radius 3 is 1.59 bits per heavy atom. The maximum Gasteiger partial charge on any atom is 0.143 e. The highest BCUT2D eigenvalue weighted by molar-refractivity contribution is 6.19. The first-order valence-corrected chi connectivity index (χ1v) is 21.0. The van der Waals surface area contributed by atoms with Crippen LogP contribution in [0.2, 0.25) is 0 Å². The van der Waals surface area contributed by atoms with Gasteiger partial charge in [-0.05, 0) is 116 Å². The van der Waals surface area contributed by atoms with Gasteiger partial charge in [-0.2, -0.15) is 0 Å². The highest BCUT2D eigenvalue weighted by atomic mass is 16.3. The first-order chi connectivity index (χ1) is 30.3. The van der Waals surface area contributed by atoms with Gasteiger partial charge in [0.15, 0.2) is 0 Å². The molecule has 0 fully saturated rings. The molecule has 11 aromatic rings. The van der Waals surface area contributed by atoms with Crippen LogP contribution >= 0.6 is 0 Å². The first kappa shape index (κ1) is 35.0. The van der Waals surface area contributed by atoms with Crippen molar-refractivity contribution in [1.29, 1.82) is 0 Å². The summed E-state index contributed by atoms with van der Waals surface area (Å²) in [7, 11) is 0. The van der Waals surface area contributed by atoms with E-state index in [4.69, 9.17) is 4.42 Å². The lowest BCUT2D eigenvalue weighted by Crippen LogP contribution is -2.28. The third kappa shape index (κ3) is 5.50. The number of para-hydroxylation sites is 1. The SMILES string of the molecule is c1ccc(-c2cc3c4ccc(-c5ccc(N(c6ccccc6)c6ccc7c(c6)C(c6ccccc6)(c6ccccc6)c6ccccc6-7)cc5)cc4oc3c3ccccc23)cc1. The quantitative estimate of drug-likeness (QED) is 0.160. The summed E-state index contributed by atoms with van der Waals surface area (Å²) in [6.45, 7) is 0. The zero-order valence-corrected chi connectivity index (χ0v) is 33.4. The molecule has 0 bridgehead atoms. The molecule has 2 nitrogen and oxygen atoms in total. The van der Waals surface area contributed by atoms with Crippen LogP contribution in [0, 0.1) is 0 Å². The second-order valence-electron chi connectivity index (χ2n) is 16.0. The Bertz CT molecular complexity index is 3350.